The number of thiocarbonyl (C=S) groups is 1. The maximum Gasteiger partial charge on any atom is 0.250 e. The van der Waals surface area contributed by atoms with Crippen molar-refractivity contribution in [3.05, 3.63) is 103 Å². The highest BCUT2D eigenvalue weighted by molar-refractivity contribution is 7.80. The smallest absolute Gasteiger partial charge is 0.250 e. The van der Waals surface area contributed by atoms with Crippen molar-refractivity contribution in [1.29, 1.82) is 0 Å². The van der Waals surface area contributed by atoms with E-state index in [4.69, 9.17) is 16.6 Å². The van der Waals surface area contributed by atoms with Crippen LogP contribution < -0.4 is 10.6 Å². The summed E-state index contributed by atoms with van der Waals surface area (Å²) in [6.07, 6.45) is 3.00. The Balaban J connectivity index is 1.16. The molecule has 5 aromatic rings. The number of anilines is 1. The number of nitrogens with zero attached hydrogens (tertiary/aromatic N) is 1. The van der Waals surface area contributed by atoms with E-state index in [1.54, 1.807) is 17.4 Å². The van der Waals surface area contributed by atoms with Crippen LogP contribution >= 0.6 is 23.6 Å². The molecule has 0 aliphatic heterocycles. The van der Waals surface area contributed by atoms with Crippen molar-refractivity contribution in [3.8, 4) is 21.9 Å². The van der Waals surface area contributed by atoms with Crippen molar-refractivity contribution in [2.45, 2.75) is 0 Å². The molecule has 0 bridgehead atoms. The van der Waals surface area contributed by atoms with E-state index < -0.39 is 0 Å². The van der Waals surface area contributed by atoms with Gasteiger partial charge in [-0.3, -0.25) is 10.1 Å². The van der Waals surface area contributed by atoms with Crippen LogP contribution in [0.5, 0.6) is 0 Å². The molecule has 0 aliphatic carbocycles. The van der Waals surface area contributed by atoms with Gasteiger partial charge in [-0.05, 0) is 66.8 Å². The predicted octanol–water partition coefficient (Wildman–Crippen LogP) is 6.75. The molecule has 3 aromatic carbocycles. The van der Waals surface area contributed by atoms with Crippen molar-refractivity contribution >= 4 is 56.6 Å². The number of para-hydroxylation sites is 1. The molecule has 7 heteroatoms. The number of fused-ring (bicyclic) bond motifs is 1. The summed E-state index contributed by atoms with van der Waals surface area (Å²) in [6, 6.07) is 29.3. The summed E-state index contributed by atoms with van der Waals surface area (Å²) < 4.78 is 6.92. The molecule has 0 saturated heterocycles. The summed E-state index contributed by atoms with van der Waals surface area (Å²) in [7, 11) is 0. The largest absolute Gasteiger partial charge is 0.457 e. The quantitative estimate of drug-likeness (QED) is 0.215. The van der Waals surface area contributed by atoms with Crippen LogP contribution in [0.2, 0.25) is 0 Å². The number of furan rings is 1. The lowest BCUT2D eigenvalue weighted by Crippen LogP contribution is -2.32. The number of hydrogen-bond donors (Lipinski definition) is 2. The van der Waals surface area contributed by atoms with Crippen LogP contribution in [0.1, 0.15) is 5.76 Å². The van der Waals surface area contributed by atoms with Gasteiger partial charge in [0.25, 0.3) is 0 Å². The lowest BCUT2D eigenvalue weighted by molar-refractivity contribution is -0.115. The fraction of sp³-hybridized carbons (Fsp3) is 0. The molecule has 0 fully saturated rings. The highest BCUT2D eigenvalue weighted by Gasteiger charge is 2.07. The SMILES string of the molecule is O=C(/C=C/c1ccc(-c2ccccc2)o1)NC(=S)Nc1ccc(-c2nc3ccccc3s2)cc1. The minimum atomic E-state index is -0.346. The first-order valence-corrected chi connectivity index (χ1v) is 11.8. The topological polar surface area (TPSA) is 67.2 Å². The fourth-order valence-corrected chi connectivity index (χ4v) is 4.56. The molecule has 0 spiro atoms. The monoisotopic (exact) mass is 481 g/mol. The number of hydrogen-bond acceptors (Lipinski definition) is 5. The van der Waals surface area contributed by atoms with E-state index in [9.17, 15) is 4.79 Å². The van der Waals surface area contributed by atoms with E-state index in [0.29, 0.717) is 5.76 Å². The van der Waals surface area contributed by atoms with Gasteiger partial charge in [-0.1, -0.05) is 42.5 Å². The second kappa shape index (κ2) is 9.82. The number of benzene rings is 3. The van der Waals surface area contributed by atoms with Gasteiger partial charge in [0.2, 0.25) is 5.91 Å². The second-order valence-electron chi connectivity index (χ2n) is 7.41. The average molecular weight is 482 g/mol. The Labute approximate surface area is 205 Å². The molecule has 0 unspecified atom stereocenters. The van der Waals surface area contributed by atoms with Crippen molar-refractivity contribution < 1.29 is 9.21 Å². The number of carbonyl (C=O) groups is 1. The molecule has 5 nitrogen and oxygen atoms in total. The Morgan fingerprint density at radius 2 is 1.65 bits per heavy atom. The molecule has 0 atom stereocenters. The van der Waals surface area contributed by atoms with Gasteiger partial charge in [0, 0.05) is 22.9 Å². The summed E-state index contributed by atoms with van der Waals surface area (Å²) in [5, 5.41) is 6.85. The third kappa shape index (κ3) is 5.11. The normalized spacial score (nSPS) is 11.1. The van der Waals surface area contributed by atoms with Crippen LogP contribution in [0.3, 0.4) is 0 Å². The van der Waals surface area contributed by atoms with E-state index >= 15 is 0 Å². The van der Waals surface area contributed by atoms with Gasteiger partial charge in [0.15, 0.2) is 5.11 Å². The number of nitrogens with one attached hydrogen (secondary N) is 2. The van der Waals surface area contributed by atoms with Crippen molar-refractivity contribution in [2.24, 2.45) is 0 Å². The van der Waals surface area contributed by atoms with E-state index in [0.717, 1.165) is 37.8 Å². The van der Waals surface area contributed by atoms with E-state index in [2.05, 4.69) is 21.7 Å². The molecular weight excluding hydrogens is 462 g/mol. The molecule has 2 N–H and O–H groups in total. The maximum atomic E-state index is 12.2. The fourth-order valence-electron chi connectivity index (χ4n) is 3.37. The summed E-state index contributed by atoms with van der Waals surface area (Å²) in [5.41, 5.74) is 3.77. The van der Waals surface area contributed by atoms with Gasteiger partial charge in [-0.25, -0.2) is 4.98 Å². The van der Waals surface area contributed by atoms with Gasteiger partial charge < -0.3 is 9.73 Å². The van der Waals surface area contributed by atoms with Crippen LogP contribution in [0, 0.1) is 0 Å². The zero-order valence-electron chi connectivity index (χ0n) is 17.9. The number of amides is 1. The zero-order valence-corrected chi connectivity index (χ0v) is 19.5. The Bertz CT molecular complexity index is 1450. The second-order valence-corrected chi connectivity index (χ2v) is 8.85. The van der Waals surface area contributed by atoms with E-state index in [1.807, 2.05) is 84.9 Å². The van der Waals surface area contributed by atoms with Crippen LogP contribution in [0.4, 0.5) is 5.69 Å². The lowest BCUT2D eigenvalue weighted by atomic mass is 10.2. The Hall–Kier alpha value is -4.07. The van der Waals surface area contributed by atoms with Crippen molar-refractivity contribution in [3.63, 3.8) is 0 Å². The van der Waals surface area contributed by atoms with E-state index in [-0.39, 0.29) is 11.0 Å². The molecule has 2 aromatic heterocycles. The molecular formula is C27H19N3O2S2. The summed E-state index contributed by atoms with van der Waals surface area (Å²) in [5.74, 6) is 0.978. The van der Waals surface area contributed by atoms with Crippen molar-refractivity contribution in [2.75, 3.05) is 5.32 Å². The van der Waals surface area contributed by atoms with Gasteiger partial charge in [0.1, 0.15) is 16.5 Å². The molecule has 1 amide bonds. The molecule has 0 aliphatic rings. The molecule has 5 rings (SSSR count). The standard InChI is InChI=1S/C27H19N3O2S2/c31-25(17-15-21-14-16-23(32-21)18-6-2-1-3-7-18)30-27(33)28-20-12-10-19(11-13-20)26-29-22-8-4-5-9-24(22)34-26/h1-17H,(H2,28,30,31,33)/b17-15+. The van der Waals surface area contributed by atoms with Crippen LogP contribution in [0.15, 0.2) is 101 Å². The van der Waals surface area contributed by atoms with Crippen LogP contribution in [-0.4, -0.2) is 16.0 Å². The van der Waals surface area contributed by atoms with Crippen molar-refractivity contribution in [1.82, 2.24) is 10.3 Å². The molecule has 166 valence electrons. The number of thiazole rings is 1. The zero-order chi connectivity index (χ0) is 23.3. The number of carbonyl (C=O) groups excluding carboxylic acids is 1. The summed E-state index contributed by atoms with van der Waals surface area (Å²) >= 11 is 6.92. The van der Waals surface area contributed by atoms with Gasteiger partial charge in [-0.15, -0.1) is 11.3 Å². The summed E-state index contributed by atoms with van der Waals surface area (Å²) in [4.78, 5) is 16.9. The summed E-state index contributed by atoms with van der Waals surface area (Å²) in [6.45, 7) is 0. The molecule has 0 radical (unpaired) electrons. The lowest BCUT2D eigenvalue weighted by Gasteiger charge is -2.08. The Kier molecular flexibility index (Phi) is 6.29. The molecule has 0 saturated carbocycles. The predicted molar refractivity (Wildman–Crippen MR) is 143 cm³/mol. The minimum absolute atomic E-state index is 0.215. The first kappa shape index (κ1) is 21.8. The highest BCUT2D eigenvalue weighted by Crippen LogP contribution is 2.30. The van der Waals surface area contributed by atoms with Crippen LogP contribution in [0.25, 0.3) is 38.2 Å². The van der Waals surface area contributed by atoms with Gasteiger partial charge in [0.05, 0.1) is 10.2 Å². The first-order chi connectivity index (χ1) is 16.6. The third-order valence-corrected chi connectivity index (χ3v) is 6.29. The van der Waals surface area contributed by atoms with E-state index in [1.165, 1.54) is 6.08 Å². The third-order valence-electron chi connectivity index (χ3n) is 5.00. The van der Waals surface area contributed by atoms with Gasteiger partial charge in [-0.2, -0.15) is 0 Å². The highest BCUT2D eigenvalue weighted by atomic mass is 32.1. The average Bonchev–Trinajstić information content (AvgIpc) is 3.51. The minimum Gasteiger partial charge on any atom is -0.457 e. The molecule has 2 heterocycles. The van der Waals surface area contributed by atoms with Gasteiger partial charge >= 0.3 is 0 Å². The number of aromatic nitrogens is 1. The van der Waals surface area contributed by atoms with Crippen LogP contribution in [-0.2, 0) is 4.79 Å². The molecule has 34 heavy (non-hydrogen) atoms. The number of rotatable bonds is 5. The first-order valence-electron chi connectivity index (χ1n) is 10.6. The Morgan fingerprint density at radius 1 is 0.882 bits per heavy atom. The maximum absolute atomic E-state index is 12.2. The Morgan fingerprint density at radius 3 is 2.44 bits per heavy atom.